The largest absolute Gasteiger partial charge is 0.452 e. The number of esters is 1. The maximum Gasteiger partial charge on any atom is 0.340 e. The summed E-state index contributed by atoms with van der Waals surface area (Å²) in [7, 11) is 0. The smallest absolute Gasteiger partial charge is 0.340 e. The van der Waals surface area contributed by atoms with Gasteiger partial charge in [0.1, 0.15) is 0 Å². The second-order valence-electron chi connectivity index (χ2n) is 6.86. The Morgan fingerprint density at radius 1 is 1.17 bits per heavy atom. The molecule has 0 aromatic carbocycles. The molecule has 1 aromatic heterocycles. The zero-order valence-corrected chi connectivity index (χ0v) is 14.1. The molecule has 1 amide bonds. The molecule has 1 heterocycles. The molecule has 0 atom stereocenters. The normalized spacial score (nSPS) is 18.7. The summed E-state index contributed by atoms with van der Waals surface area (Å²) in [5, 5.41) is 2.96. The second-order valence-corrected chi connectivity index (χ2v) is 6.86. The van der Waals surface area contributed by atoms with Crippen molar-refractivity contribution in [3.05, 3.63) is 23.0 Å². The first kappa shape index (κ1) is 16.1. The van der Waals surface area contributed by atoms with Gasteiger partial charge in [0.25, 0.3) is 5.91 Å². The first-order valence-corrected chi connectivity index (χ1v) is 8.71. The van der Waals surface area contributed by atoms with E-state index in [2.05, 4.69) is 9.88 Å². The SMILES string of the molecule is Cc1cc(C(=O)OCC(=O)NC2CCCCC2)c(C)n1C1CC1. The van der Waals surface area contributed by atoms with Crippen LogP contribution in [0.2, 0.25) is 0 Å². The fraction of sp³-hybridized carbons (Fsp3) is 0.667. The van der Waals surface area contributed by atoms with Crippen molar-refractivity contribution in [2.24, 2.45) is 0 Å². The average Bonchev–Trinajstić information content (AvgIpc) is 3.31. The van der Waals surface area contributed by atoms with Crippen LogP contribution in [0, 0.1) is 13.8 Å². The molecule has 3 rings (SSSR count). The van der Waals surface area contributed by atoms with Crippen molar-refractivity contribution in [1.82, 2.24) is 9.88 Å². The van der Waals surface area contributed by atoms with E-state index in [0.717, 1.165) is 37.1 Å². The average molecular weight is 318 g/mol. The molecular formula is C18H26N2O3. The number of nitrogens with one attached hydrogen (secondary N) is 1. The van der Waals surface area contributed by atoms with Crippen LogP contribution in [-0.2, 0) is 9.53 Å². The van der Waals surface area contributed by atoms with Gasteiger partial charge < -0.3 is 14.6 Å². The van der Waals surface area contributed by atoms with E-state index >= 15 is 0 Å². The third-order valence-corrected chi connectivity index (χ3v) is 4.92. The lowest BCUT2D eigenvalue weighted by molar-refractivity contribution is -0.125. The number of ether oxygens (including phenoxy) is 1. The number of hydrogen-bond acceptors (Lipinski definition) is 3. The van der Waals surface area contributed by atoms with Crippen molar-refractivity contribution in [2.75, 3.05) is 6.61 Å². The zero-order valence-electron chi connectivity index (χ0n) is 14.1. The van der Waals surface area contributed by atoms with Crippen LogP contribution in [0.25, 0.3) is 0 Å². The molecule has 0 spiro atoms. The van der Waals surface area contributed by atoms with Gasteiger partial charge in [-0.1, -0.05) is 19.3 Å². The molecule has 23 heavy (non-hydrogen) atoms. The molecule has 2 aliphatic rings. The fourth-order valence-corrected chi connectivity index (χ4v) is 3.60. The minimum absolute atomic E-state index is 0.192. The first-order chi connectivity index (χ1) is 11.1. The van der Waals surface area contributed by atoms with Crippen LogP contribution in [0.4, 0.5) is 0 Å². The van der Waals surface area contributed by atoms with Gasteiger partial charge in [0.15, 0.2) is 6.61 Å². The molecule has 2 saturated carbocycles. The molecule has 0 bridgehead atoms. The third-order valence-electron chi connectivity index (χ3n) is 4.92. The summed E-state index contributed by atoms with van der Waals surface area (Å²) in [6.45, 7) is 3.77. The fourth-order valence-electron chi connectivity index (χ4n) is 3.60. The Morgan fingerprint density at radius 2 is 1.87 bits per heavy atom. The molecule has 126 valence electrons. The lowest BCUT2D eigenvalue weighted by Crippen LogP contribution is -2.38. The van der Waals surface area contributed by atoms with Crippen LogP contribution < -0.4 is 5.32 Å². The van der Waals surface area contributed by atoms with Gasteiger partial charge >= 0.3 is 5.97 Å². The summed E-state index contributed by atoms with van der Waals surface area (Å²) < 4.78 is 7.42. The number of rotatable bonds is 5. The summed E-state index contributed by atoms with van der Waals surface area (Å²) >= 11 is 0. The van der Waals surface area contributed by atoms with E-state index in [1.165, 1.54) is 19.3 Å². The van der Waals surface area contributed by atoms with E-state index in [9.17, 15) is 9.59 Å². The molecule has 1 N–H and O–H groups in total. The molecule has 2 aliphatic carbocycles. The molecular weight excluding hydrogens is 292 g/mol. The Morgan fingerprint density at radius 3 is 2.52 bits per heavy atom. The van der Waals surface area contributed by atoms with Gasteiger partial charge in [0.05, 0.1) is 5.56 Å². The van der Waals surface area contributed by atoms with Crippen molar-refractivity contribution in [2.45, 2.75) is 70.9 Å². The van der Waals surface area contributed by atoms with E-state index in [0.29, 0.717) is 11.6 Å². The lowest BCUT2D eigenvalue weighted by atomic mass is 9.95. The Bertz CT molecular complexity index is 596. The molecule has 1 aromatic rings. The van der Waals surface area contributed by atoms with Gasteiger partial charge in [-0.15, -0.1) is 0 Å². The second kappa shape index (κ2) is 6.77. The summed E-state index contributed by atoms with van der Waals surface area (Å²) in [4.78, 5) is 24.2. The molecule has 0 unspecified atom stereocenters. The van der Waals surface area contributed by atoms with E-state index < -0.39 is 5.97 Å². The van der Waals surface area contributed by atoms with Crippen molar-refractivity contribution >= 4 is 11.9 Å². The minimum Gasteiger partial charge on any atom is -0.452 e. The predicted molar refractivity (Wildman–Crippen MR) is 87.5 cm³/mol. The van der Waals surface area contributed by atoms with Gasteiger partial charge in [0.2, 0.25) is 0 Å². The molecule has 2 fully saturated rings. The van der Waals surface area contributed by atoms with Crippen molar-refractivity contribution < 1.29 is 14.3 Å². The van der Waals surface area contributed by atoms with Crippen LogP contribution in [0.3, 0.4) is 0 Å². The number of amides is 1. The maximum atomic E-state index is 12.3. The van der Waals surface area contributed by atoms with Gasteiger partial charge in [0, 0.05) is 23.5 Å². The highest BCUT2D eigenvalue weighted by Gasteiger charge is 2.29. The van der Waals surface area contributed by atoms with Gasteiger partial charge in [-0.25, -0.2) is 4.79 Å². The third kappa shape index (κ3) is 3.77. The number of hydrogen-bond donors (Lipinski definition) is 1. The van der Waals surface area contributed by atoms with E-state index in [4.69, 9.17) is 4.74 Å². The highest BCUT2D eigenvalue weighted by Crippen LogP contribution is 2.38. The quantitative estimate of drug-likeness (QED) is 0.849. The van der Waals surface area contributed by atoms with Crippen LogP contribution in [-0.4, -0.2) is 29.1 Å². The van der Waals surface area contributed by atoms with E-state index in [-0.39, 0.29) is 18.6 Å². The lowest BCUT2D eigenvalue weighted by Gasteiger charge is -2.22. The highest BCUT2D eigenvalue weighted by atomic mass is 16.5. The van der Waals surface area contributed by atoms with Gasteiger partial charge in [-0.3, -0.25) is 4.79 Å². The minimum atomic E-state index is -0.399. The summed E-state index contributed by atoms with van der Waals surface area (Å²) in [5.74, 6) is -0.593. The maximum absolute atomic E-state index is 12.3. The molecule has 0 aliphatic heterocycles. The molecule has 5 nitrogen and oxygen atoms in total. The van der Waals surface area contributed by atoms with Crippen LogP contribution in [0.1, 0.15) is 72.7 Å². The van der Waals surface area contributed by atoms with Crippen LogP contribution in [0.5, 0.6) is 0 Å². The molecule has 0 saturated heterocycles. The molecule has 0 radical (unpaired) electrons. The number of aromatic nitrogens is 1. The predicted octanol–water partition coefficient (Wildman–Crippen LogP) is 3.05. The number of carbonyl (C=O) groups excluding carboxylic acids is 2. The van der Waals surface area contributed by atoms with Gasteiger partial charge in [-0.2, -0.15) is 0 Å². The topological polar surface area (TPSA) is 60.3 Å². The van der Waals surface area contributed by atoms with Crippen molar-refractivity contribution in [3.63, 3.8) is 0 Å². The summed E-state index contributed by atoms with van der Waals surface area (Å²) in [6.07, 6.45) is 7.99. The van der Waals surface area contributed by atoms with E-state index in [1.54, 1.807) is 0 Å². The highest BCUT2D eigenvalue weighted by molar-refractivity contribution is 5.92. The Kier molecular flexibility index (Phi) is 4.74. The van der Waals surface area contributed by atoms with Crippen molar-refractivity contribution in [1.29, 1.82) is 0 Å². The first-order valence-electron chi connectivity index (χ1n) is 8.71. The van der Waals surface area contributed by atoms with Gasteiger partial charge in [-0.05, 0) is 45.6 Å². The number of nitrogens with zero attached hydrogens (tertiary/aromatic N) is 1. The standard InChI is InChI=1S/C18H26N2O3/c1-12-10-16(13(2)20(12)15-8-9-15)18(22)23-11-17(21)19-14-6-4-3-5-7-14/h10,14-15H,3-9,11H2,1-2H3,(H,19,21). The Hall–Kier alpha value is -1.78. The van der Waals surface area contributed by atoms with Crippen LogP contribution >= 0.6 is 0 Å². The number of carbonyl (C=O) groups is 2. The molecule has 5 heteroatoms. The number of aryl methyl sites for hydroxylation is 1. The Balaban J connectivity index is 1.53. The van der Waals surface area contributed by atoms with E-state index in [1.807, 2.05) is 19.9 Å². The van der Waals surface area contributed by atoms with Crippen LogP contribution in [0.15, 0.2) is 6.07 Å². The van der Waals surface area contributed by atoms with Crippen molar-refractivity contribution in [3.8, 4) is 0 Å². The zero-order chi connectivity index (χ0) is 16.4. The monoisotopic (exact) mass is 318 g/mol. The summed E-state index contributed by atoms with van der Waals surface area (Å²) in [6, 6.07) is 2.65. The Labute approximate surface area is 137 Å². The summed E-state index contributed by atoms with van der Waals surface area (Å²) in [5.41, 5.74) is 2.62.